The molecule has 2 fully saturated rings. The van der Waals surface area contributed by atoms with Crippen molar-refractivity contribution in [3.63, 3.8) is 0 Å². The number of thiocarbonyl (C=S) groups is 1. The molecule has 1 unspecified atom stereocenters. The van der Waals surface area contributed by atoms with E-state index in [1.807, 2.05) is 57.5 Å². The third-order valence-electron chi connectivity index (χ3n) is 11.0. The molecule has 62 heavy (non-hydrogen) atoms. The van der Waals surface area contributed by atoms with E-state index in [1.54, 1.807) is 59.2 Å². The summed E-state index contributed by atoms with van der Waals surface area (Å²) in [6.45, 7) is 11.7. The molecule has 2 N–H and O–H groups in total. The SMILES string of the molecule is Cc1ncsc1-c1ccc(CNC(=O)[C@@H]2CCCN2C(=O)C(NC(=O)CCCOc2ccc(N3C(=S)N(c4ccc(C#N)c(C(F)(F)F)c4)C(=O)C3(C)C)cc2)C(C)(C)C)cc1. The number of alkyl halides is 3. The Labute approximate surface area is 368 Å². The minimum Gasteiger partial charge on any atom is -0.494 e. The molecule has 3 aromatic carbocycles. The highest BCUT2D eigenvalue weighted by Gasteiger charge is 2.51. The molecule has 0 radical (unpaired) electrons. The number of hydrogen-bond donors (Lipinski definition) is 2. The van der Waals surface area contributed by atoms with Gasteiger partial charge in [-0.2, -0.15) is 18.4 Å². The Morgan fingerprint density at radius 1 is 1.05 bits per heavy atom. The summed E-state index contributed by atoms with van der Waals surface area (Å²) >= 11 is 7.20. The van der Waals surface area contributed by atoms with E-state index in [1.165, 1.54) is 12.1 Å². The van der Waals surface area contributed by atoms with Crippen LogP contribution in [0.4, 0.5) is 24.5 Å². The predicted molar refractivity (Wildman–Crippen MR) is 234 cm³/mol. The zero-order valence-corrected chi connectivity index (χ0v) is 36.9. The molecular formula is C45H48F3N7O5S2. The van der Waals surface area contributed by atoms with Gasteiger partial charge in [0.05, 0.1) is 45.6 Å². The van der Waals surface area contributed by atoms with Crippen LogP contribution in [0.3, 0.4) is 0 Å². The number of carbonyl (C=O) groups excluding carboxylic acids is 4. The van der Waals surface area contributed by atoms with Gasteiger partial charge in [0.25, 0.3) is 5.91 Å². The average Bonchev–Trinajstić information content (AvgIpc) is 3.93. The molecule has 326 valence electrons. The lowest BCUT2D eigenvalue weighted by Crippen LogP contribution is -2.57. The van der Waals surface area contributed by atoms with Crippen molar-refractivity contribution >= 4 is 63.7 Å². The van der Waals surface area contributed by atoms with Crippen LogP contribution in [0, 0.1) is 23.7 Å². The van der Waals surface area contributed by atoms with Gasteiger partial charge >= 0.3 is 6.18 Å². The molecule has 2 aliphatic rings. The van der Waals surface area contributed by atoms with E-state index in [0.29, 0.717) is 43.8 Å². The molecule has 2 aliphatic heterocycles. The quantitative estimate of drug-likeness (QED) is 0.101. The van der Waals surface area contributed by atoms with Gasteiger partial charge < -0.3 is 25.2 Å². The summed E-state index contributed by atoms with van der Waals surface area (Å²) in [6.07, 6.45) is -3.23. The first-order chi connectivity index (χ1) is 29.2. The molecule has 4 amide bonds. The first-order valence-electron chi connectivity index (χ1n) is 20.1. The van der Waals surface area contributed by atoms with Crippen LogP contribution in [-0.2, 0) is 31.9 Å². The number of aryl methyl sites for hydroxylation is 1. The van der Waals surface area contributed by atoms with E-state index in [4.69, 9.17) is 17.0 Å². The van der Waals surface area contributed by atoms with E-state index in [-0.39, 0.29) is 41.5 Å². The fourth-order valence-electron chi connectivity index (χ4n) is 7.58. The molecule has 0 spiro atoms. The van der Waals surface area contributed by atoms with Crippen LogP contribution in [0.2, 0.25) is 0 Å². The molecule has 4 aromatic rings. The second-order valence-corrected chi connectivity index (χ2v) is 18.1. The number of anilines is 2. The monoisotopic (exact) mass is 887 g/mol. The van der Waals surface area contributed by atoms with Crippen LogP contribution in [0.5, 0.6) is 5.75 Å². The first-order valence-corrected chi connectivity index (χ1v) is 21.4. The van der Waals surface area contributed by atoms with Gasteiger partial charge in [0.15, 0.2) is 5.11 Å². The van der Waals surface area contributed by atoms with Gasteiger partial charge in [0, 0.05) is 25.2 Å². The van der Waals surface area contributed by atoms with Gasteiger partial charge in [0.2, 0.25) is 17.7 Å². The van der Waals surface area contributed by atoms with Gasteiger partial charge in [-0.25, -0.2) is 4.98 Å². The molecule has 0 bridgehead atoms. The fraction of sp³-hybridized carbons (Fsp3) is 0.400. The summed E-state index contributed by atoms with van der Waals surface area (Å²) in [5.74, 6) is -0.964. The topological polar surface area (TPSA) is 148 Å². The number of halogens is 3. The van der Waals surface area contributed by atoms with Crippen molar-refractivity contribution in [1.82, 2.24) is 20.5 Å². The summed E-state index contributed by atoms with van der Waals surface area (Å²) in [7, 11) is 0. The number of nitrogens with zero attached hydrogens (tertiary/aromatic N) is 5. The summed E-state index contributed by atoms with van der Waals surface area (Å²) in [5, 5.41) is 15.1. The maximum atomic E-state index is 14.0. The first kappa shape index (κ1) is 45.7. The lowest BCUT2D eigenvalue weighted by molar-refractivity contribution is -0.144. The summed E-state index contributed by atoms with van der Waals surface area (Å²) in [5.41, 5.74) is 1.52. The second kappa shape index (κ2) is 18.2. The number of rotatable bonds is 13. The summed E-state index contributed by atoms with van der Waals surface area (Å²) in [4.78, 5) is 63.8. The number of nitriles is 1. The highest BCUT2D eigenvalue weighted by Crippen LogP contribution is 2.40. The molecule has 17 heteroatoms. The largest absolute Gasteiger partial charge is 0.494 e. The van der Waals surface area contributed by atoms with Crippen molar-refractivity contribution in [1.29, 1.82) is 5.26 Å². The molecule has 1 aromatic heterocycles. The lowest BCUT2D eigenvalue weighted by Gasteiger charge is -2.35. The van der Waals surface area contributed by atoms with Crippen LogP contribution >= 0.6 is 23.6 Å². The standard InChI is InChI=1S/C45H48F3N7O5S2/c1-27-37(62-26-51-27)29-13-11-28(12-14-29)25-50-39(57)35-9-7-21-53(35)40(58)38(43(2,3)4)52-36(56)10-8-22-60-33-19-17-31(18-20-33)55-42(61)54(41(59)44(55,5)6)32-16-15-30(24-49)34(23-32)45(46,47)48/h11-20,23,26,35,38H,7-10,21-22,25H2,1-6H3,(H,50,57)(H,52,56)/t35-,38?/m0/s1. The second-order valence-electron chi connectivity index (χ2n) is 16.8. The molecule has 0 saturated carbocycles. The molecule has 2 saturated heterocycles. The maximum absolute atomic E-state index is 14.0. The van der Waals surface area contributed by atoms with E-state index >= 15 is 0 Å². The molecule has 6 rings (SSSR count). The number of nitrogens with one attached hydrogen (secondary N) is 2. The summed E-state index contributed by atoms with van der Waals surface area (Å²) < 4.78 is 47.1. The third-order valence-corrected chi connectivity index (χ3v) is 12.3. The van der Waals surface area contributed by atoms with Gasteiger partial charge in [0.1, 0.15) is 23.4 Å². The van der Waals surface area contributed by atoms with Crippen LogP contribution in [0.15, 0.2) is 72.2 Å². The van der Waals surface area contributed by atoms with Crippen LogP contribution < -0.4 is 25.2 Å². The molecule has 2 atom stereocenters. The Balaban J connectivity index is 1.00. The number of amides is 4. The zero-order chi connectivity index (χ0) is 45.1. The predicted octanol–water partition coefficient (Wildman–Crippen LogP) is 7.92. The molecular weight excluding hydrogens is 840 g/mol. The Kier molecular flexibility index (Phi) is 13.4. The van der Waals surface area contributed by atoms with Gasteiger partial charge in [-0.15, -0.1) is 11.3 Å². The molecule has 12 nitrogen and oxygen atoms in total. The highest BCUT2D eigenvalue weighted by atomic mass is 32.1. The van der Waals surface area contributed by atoms with Crippen LogP contribution in [0.25, 0.3) is 10.4 Å². The maximum Gasteiger partial charge on any atom is 0.417 e. The van der Waals surface area contributed by atoms with Crippen LogP contribution in [-0.4, -0.2) is 69.4 Å². The minimum atomic E-state index is -4.81. The van der Waals surface area contributed by atoms with Crippen molar-refractivity contribution in [3.8, 4) is 22.3 Å². The van der Waals surface area contributed by atoms with Crippen molar-refractivity contribution < 1.29 is 37.1 Å². The number of likely N-dealkylation sites (tertiary alicyclic amines) is 1. The Morgan fingerprint density at radius 2 is 1.73 bits per heavy atom. The Morgan fingerprint density at radius 3 is 2.34 bits per heavy atom. The number of hydrogen-bond acceptors (Lipinski definition) is 9. The highest BCUT2D eigenvalue weighted by molar-refractivity contribution is 7.81. The van der Waals surface area contributed by atoms with Crippen LogP contribution in [0.1, 0.15) is 82.7 Å². The Hall–Kier alpha value is -5.86. The molecule has 0 aliphatic carbocycles. The molecule has 3 heterocycles. The normalized spacial score (nSPS) is 16.9. The van der Waals surface area contributed by atoms with E-state index in [0.717, 1.165) is 38.7 Å². The minimum absolute atomic E-state index is 0.0340. The number of aromatic nitrogens is 1. The van der Waals surface area contributed by atoms with E-state index in [9.17, 15) is 37.6 Å². The van der Waals surface area contributed by atoms with Crippen molar-refractivity contribution in [2.24, 2.45) is 5.41 Å². The van der Waals surface area contributed by atoms with Gasteiger partial charge in [-0.05, 0) is 111 Å². The lowest BCUT2D eigenvalue weighted by atomic mass is 9.85. The van der Waals surface area contributed by atoms with Crippen molar-refractivity contribution in [2.75, 3.05) is 23.0 Å². The number of thiazole rings is 1. The van der Waals surface area contributed by atoms with Gasteiger partial charge in [-0.3, -0.25) is 24.1 Å². The number of carbonyl (C=O) groups is 4. The third kappa shape index (κ3) is 9.76. The number of ether oxygens (including phenoxy) is 1. The fourth-order valence-corrected chi connectivity index (χ4v) is 8.92. The average molecular weight is 888 g/mol. The van der Waals surface area contributed by atoms with E-state index in [2.05, 4.69) is 15.6 Å². The van der Waals surface area contributed by atoms with Crippen molar-refractivity contribution in [2.45, 2.75) is 97.6 Å². The van der Waals surface area contributed by atoms with Gasteiger partial charge in [-0.1, -0.05) is 45.0 Å². The number of benzene rings is 3. The Bertz CT molecular complexity index is 2390. The van der Waals surface area contributed by atoms with E-state index < -0.39 is 46.2 Å². The van der Waals surface area contributed by atoms with Crippen molar-refractivity contribution in [3.05, 3.63) is 94.6 Å². The smallest absolute Gasteiger partial charge is 0.417 e. The summed E-state index contributed by atoms with van der Waals surface area (Å²) in [6, 6.07) is 17.6. The zero-order valence-electron chi connectivity index (χ0n) is 35.3.